The average molecular weight is 594 g/mol. The van der Waals surface area contributed by atoms with Crippen molar-refractivity contribution in [2.75, 3.05) is 64.4 Å². The Kier molecular flexibility index (Phi) is 10.1. The molecule has 0 unspecified atom stereocenters. The highest BCUT2D eigenvalue weighted by molar-refractivity contribution is 7.89. The second-order valence-electron chi connectivity index (χ2n) is 9.44. The zero-order valence-corrected chi connectivity index (χ0v) is 25.0. The SMILES string of the molecule is CCCN(CCC)S(=O)(=O)c1ccc(C(=O)NCCN2CCN(c3nc4c(OC)c(Cl)ccc4s3)CC2)cc1. The molecule has 0 saturated carbocycles. The molecule has 0 atom stereocenters. The molecule has 1 aromatic heterocycles. The Morgan fingerprint density at radius 1 is 1.08 bits per heavy atom. The molecule has 0 bridgehead atoms. The lowest BCUT2D eigenvalue weighted by atomic mass is 10.2. The Labute approximate surface area is 239 Å². The summed E-state index contributed by atoms with van der Waals surface area (Å²) < 4.78 is 33.9. The van der Waals surface area contributed by atoms with Crippen molar-refractivity contribution in [2.24, 2.45) is 0 Å². The Balaban J connectivity index is 1.26. The van der Waals surface area contributed by atoms with Crippen LogP contribution in [0.4, 0.5) is 5.13 Å². The van der Waals surface area contributed by atoms with E-state index >= 15 is 0 Å². The number of halogens is 1. The third-order valence-electron chi connectivity index (χ3n) is 6.72. The smallest absolute Gasteiger partial charge is 0.251 e. The molecule has 3 aromatic rings. The van der Waals surface area contributed by atoms with Gasteiger partial charge >= 0.3 is 0 Å². The number of rotatable bonds is 12. The minimum Gasteiger partial charge on any atom is -0.493 e. The van der Waals surface area contributed by atoms with Crippen LogP contribution >= 0.6 is 22.9 Å². The van der Waals surface area contributed by atoms with Crippen molar-refractivity contribution in [3.8, 4) is 5.75 Å². The highest BCUT2D eigenvalue weighted by Crippen LogP contribution is 2.38. The minimum atomic E-state index is -3.56. The van der Waals surface area contributed by atoms with Gasteiger partial charge in [-0.25, -0.2) is 13.4 Å². The molecule has 0 spiro atoms. The molecule has 1 amide bonds. The first-order chi connectivity index (χ1) is 18.8. The van der Waals surface area contributed by atoms with Gasteiger partial charge in [0.25, 0.3) is 5.91 Å². The molecule has 1 fully saturated rings. The summed E-state index contributed by atoms with van der Waals surface area (Å²) >= 11 is 7.88. The van der Waals surface area contributed by atoms with Crippen LogP contribution in [-0.4, -0.2) is 88.0 Å². The molecule has 2 heterocycles. The summed E-state index contributed by atoms with van der Waals surface area (Å²) in [6, 6.07) is 10.0. The second-order valence-corrected chi connectivity index (χ2v) is 12.8. The van der Waals surface area contributed by atoms with Crippen LogP contribution < -0.4 is 15.0 Å². The standard InChI is InChI=1S/C27H36ClN5O4S2/c1-4-13-33(14-5-2)39(35,36)21-8-6-20(7-9-21)26(34)29-12-15-31-16-18-32(19-17-31)27-30-24-23(38-27)11-10-22(28)25(24)37-3/h6-11H,4-5,12-19H2,1-3H3,(H,29,34). The number of amides is 1. The van der Waals surface area contributed by atoms with Gasteiger partial charge in [0, 0.05) is 57.9 Å². The zero-order valence-electron chi connectivity index (χ0n) is 22.7. The topological polar surface area (TPSA) is 95.1 Å². The van der Waals surface area contributed by atoms with E-state index in [9.17, 15) is 13.2 Å². The number of aromatic nitrogens is 1. The van der Waals surface area contributed by atoms with Gasteiger partial charge < -0.3 is 15.0 Å². The van der Waals surface area contributed by atoms with Crippen LogP contribution in [0.25, 0.3) is 10.2 Å². The van der Waals surface area contributed by atoms with E-state index in [2.05, 4.69) is 15.1 Å². The molecule has 1 saturated heterocycles. The Hall–Kier alpha value is -2.44. The summed E-state index contributed by atoms with van der Waals surface area (Å²) in [5, 5.41) is 4.47. The molecule has 1 aliphatic heterocycles. The van der Waals surface area contributed by atoms with Gasteiger partial charge in [0.1, 0.15) is 5.52 Å². The van der Waals surface area contributed by atoms with Crippen LogP contribution in [-0.2, 0) is 10.0 Å². The molecule has 4 rings (SSSR count). The quantitative estimate of drug-likeness (QED) is 0.334. The largest absolute Gasteiger partial charge is 0.493 e. The first kappa shape index (κ1) is 29.5. The number of nitrogens with zero attached hydrogens (tertiary/aromatic N) is 4. The van der Waals surface area contributed by atoms with Gasteiger partial charge in [-0.1, -0.05) is 36.8 Å². The van der Waals surface area contributed by atoms with E-state index in [1.165, 1.54) is 16.4 Å². The molecular weight excluding hydrogens is 558 g/mol. The van der Waals surface area contributed by atoms with E-state index in [1.807, 2.05) is 26.0 Å². The van der Waals surface area contributed by atoms with Crippen molar-refractivity contribution in [1.29, 1.82) is 0 Å². The number of ether oxygens (including phenoxy) is 1. The van der Waals surface area contributed by atoms with Gasteiger partial charge in [0.15, 0.2) is 10.9 Å². The van der Waals surface area contributed by atoms with Crippen molar-refractivity contribution in [3.05, 3.63) is 47.0 Å². The Bertz CT molecular complexity index is 1370. The number of fused-ring (bicyclic) bond motifs is 1. The van der Waals surface area contributed by atoms with Crippen molar-refractivity contribution in [1.82, 2.24) is 19.5 Å². The van der Waals surface area contributed by atoms with Gasteiger partial charge in [-0.3, -0.25) is 9.69 Å². The van der Waals surface area contributed by atoms with Crippen molar-refractivity contribution >= 4 is 54.2 Å². The second kappa shape index (κ2) is 13.3. The summed E-state index contributed by atoms with van der Waals surface area (Å²) in [5.74, 6) is 0.399. The molecule has 39 heavy (non-hydrogen) atoms. The summed E-state index contributed by atoms with van der Waals surface area (Å²) in [6.07, 6.45) is 1.50. The third kappa shape index (κ3) is 6.83. The van der Waals surface area contributed by atoms with Crippen LogP contribution in [0.2, 0.25) is 5.02 Å². The predicted octanol–water partition coefficient (Wildman–Crippen LogP) is 4.32. The number of thiazole rings is 1. The van der Waals surface area contributed by atoms with Crippen LogP contribution in [0.15, 0.2) is 41.3 Å². The first-order valence-corrected chi connectivity index (χ1v) is 15.9. The van der Waals surface area contributed by atoms with E-state index in [1.54, 1.807) is 30.6 Å². The Morgan fingerprint density at radius 3 is 2.36 bits per heavy atom. The predicted molar refractivity (Wildman–Crippen MR) is 158 cm³/mol. The molecule has 212 valence electrons. The lowest BCUT2D eigenvalue weighted by molar-refractivity contribution is 0.0947. The summed E-state index contributed by atoms with van der Waals surface area (Å²) in [5.41, 5.74) is 1.24. The molecule has 0 radical (unpaired) electrons. The number of benzene rings is 2. The number of hydrogen-bond acceptors (Lipinski definition) is 8. The van der Waals surface area contributed by atoms with E-state index in [4.69, 9.17) is 21.3 Å². The molecule has 9 nitrogen and oxygen atoms in total. The van der Waals surface area contributed by atoms with Crippen molar-refractivity contribution < 1.29 is 17.9 Å². The number of carbonyl (C=O) groups is 1. The fraction of sp³-hybridized carbons (Fsp3) is 0.481. The number of sulfonamides is 1. The summed E-state index contributed by atoms with van der Waals surface area (Å²) in [7, 11) is -1.96. The lowest BCUT2D eigenvalue weighted by Gasteiger charge is -2.34. The molecule has 0 aliphatic carbocycles. The average Bonchev–Trinajstić information content (AvgIpc) is 3.37. The maximum Gasteiger partial charge on any atom is 0.251 e. The summed E-state index contributed by atoms with van der Waals surface area (Å²) in [4.78, 5) is 22.2. The highest BCUT2D eigenvalue weighted by atomic mass is 35.5. The minimum absolute atomic E-state index is 0.210. The van der Waals surface area contributed by atoms with Gasteiger partial charge in [-0.15, -0.1) is 0 Å². The fourth-order valence-electron chi connectivity index (χ4n) is 4.63. The fourth-order valence-corrected chi connectivity index (χ4v) is 7.50. The number of methoxy groups -OCH3 is 1. The zero-order chi connectivity index (χ0) is 28.0. The van der Waals surface area contributed by atoms with Crippen LogP contribution in [0, 0.1) is 0 Å². The normalized spacial score (nSPS) is 14.7. The number of anilines is 1. The highest BCUT2D eigenvalue weighted by Gasteiger charge is 2.24. The number of carbonyl (C=O) groups excluding carboxylic acids is 1. The maximum absolute atomic E-state index is 12.9. The van der Waals surface area contributed by atoms with Crippen molar-refractivity contribution in [3.63, 3.8) is 0 Å². The van der Waals surface area contributed by atoms with Gasteiger partial charge in [-0.05, 0) is 49.2 Å². The van der Waals surface area contributed by atoms with E-state index in [-0.39, 0.29) is 10.8 Å². The van der Waals surface area contributed by atoms with Gasteiger partial charge in [0.2, 0.25) is 10.0 Å². The van der Waals surface area contributed by atoms with E-state index < -0.39 is 10.0 Å². The molecular formula is C27H36ClN5O4S2. The van der Waals surface area contributed by atoms with Crippen LogP contribution in [0.3, 0.4) is 0 Å². The number of piperazine rings is 1. The maximum atomic E-state index is 12.9. The van der Waals surface area contributed by atoms with E-state index in [0.29, 0.717) is 36.0 Å². The molecule has 12 heteroatoms. The molecule has 1 N–H and O–H groups in total. The Morgan fingerprint density at radius 2 is 1.74 bits per heavy atom. The summed E-state index contributed by atoms with van der Waals surface area (Å²) in [6.45, 7) is 9.54. The van der Waals surface area contributed by atoms with Gasteiger partial charge in [-0.2, -0.15) is 4.31 Å². The molecule has 2 aromatic carbocycles. The first-order valence-electron chi connectivity index (χ1n) is 13.3. The molecule has 1 aliphatic rings. The van der Waals surface area contributed by atoms with Gasteiger partial charge in [0.05, 0.1) is 21.7 Å². The van der Waals surface area contributed by atoms with Crippen LogP contribution in [0.5, 0.6) is 5.75 Å². The monoisotopic (exact) mass is 593 g/mol. The number of nitrogens with one attached hydrogen (secondary N) is 1. The number of hydrogen-bond donors (Lipinski definition) is 1. The lowest BCUT2D eigenvalue weighted by Crippen LogP contribution is -2.48. The van der Waals surface area contributed by atoms with Crippen LogP contribution in [0.1, 0.15) is 37.0 Å². The third-order valence-corrected chi connectivity index (χ3v) is 10.0. The van der Waals surface area contributed by atoms with E-state index in [0.717, 1.165) is 60.9 Å². The van der Waals surface area contributed by atoms with Crippen molar-refractivity contribution in [2.45, 2.75) is 31.6 Å².